The van der Waals surface area contributed by atoms with Gasteiger partial charge in [-0.1, -0.05) is 12.1 Å². The summed E-state index contributed by atoms with van der Waals surface area (Å²) in [5.41, 5.74) is 1.67. The number of aliphatic hydroxyl groups excluding tert-OH is 1. The van der Waals surface area contributed by atoms with Crippen molar-refractivity contribution in [3.63, 3.8) is 0 Å². The van der Waals surface area contributed by atoms with Crippen LogP contribution in [0.3, 0.4) is 0 Å². The third-order valence-corrected chi connectivity index (χ3v) is 3.15. The van der Waals surface area contributed by atoms with Crippen molar-refractivity contribution in [2.45, 2.75) is 18.7 Å². The monoisotopic (exact) mass is 235 g/mol. The maximum Gasteiger partial charge on any atom is 0.159 e. The maximum absolute atomic E-state index is 13.0. The van der Waals surface area contributed by atoms with Crippen LogP contribution in [-0.2, 0) is 6.54 Å². The molecule has 2 nitrogen and oxygen atoms in total. The van der Waals surface area contributed by atoms with E-state index in [1.54, 1.807) is 6.07 Å². The lowest BCUT2D eigenvalue weighted by atomic mass is 10.2. The molecule has 1 aliphatic heterocycles. The van der Waals surface area contributed by atoms with Crippen LogP contribution in [0.1, 0.15) is 5.56 Å². The first-order valence-corrected chi connectivity index (χ1v) is 5.43. The minimum absolute atomic E-state index is 0.00751. The van der Waals surface area contributed by atoms with Crippen molar-refractivity contribution in [1.82, 2.24) is 4.90 Å². The molecule has 1 aromatic carbocycles. The average molecular weight is 235 g/mol. The minimum atomic E-state index is -0.838. The summed E-state index contributed by atoms with van der Waals surface area (Å²) in [4.78, 5) is 1.92. The van der Waals surface area contributed by atoms with E-state index in [0.29, 0.717) is 12.1 Å². The molecule has 0 saturated heterocycles. The molecular formula is C13H11F2NO. The molecule has 0 bridgehead atoms. The topological polar surface area (TPSA) is 23.5 Å². The number of allylic oxidation sites excluding steroid dienone is 2. The Bertz CT molecular complexity index is 524. The highest BCUT2D eigenvalue weighted by Gasteiger charge is 2.46. The van der Waals surface area contributed by atoms with Gasteiger partial charge in [0, 0.05) is 12.7 Å². The molecule has 2 unspecified atom stereocenters. The minimum Gasteiger partial charge on any atom is -0.386 e. The second kappa shape index (κ2) is 3.67. The molecule has 1 saturated carbocycles. The van der Waals surface area contributed by atoms with Crippen molar-refractivity contribution >= 4 is 0 Å². The van der Waals surface area contributed by atoms with E-state index in [9.17, 15) is 13.9 Å². The Morgan fingerprint density at radius 3 is 2.82 bits per heavy atom. The molecule has 17 heavy (non-hydrogen) atoms. The summed E-state index contributed by atoms with van der Waals surface area (Å²) in [6.07, 6.45) is 5.17. The number of nitrogens with zero attached hydrogens (tertiary/aromatic N) is 1. The van der Waals surface area contributed by atoms with E-state index in [-0.39, 0.29) is 6.04 Å². The van der Waals surface area contributed by atoms with Crippen LogP contribution in [0.4, 0.5) is 8.78 Å². The molecular weight excluding hydrogens is 224 g/mol. The highest BCUT2D eigenvalue weighted by Crippen LogP contribution is 2.38. The van der Waals surface area contributed by atoms with Gasteiger partial charge in [0.15, 0.2) is 11.6 Å². The summed E-state index contributed by atoms with van der Waals surface area (Å²) in [5.74, 6) is -1.68. The van der Waals surface area contributed by atoms with Crippen LogP contribution in [0.2, 0.25) is 0 Å². The molecule has 1 N–H and O–H groups in total. The predicted octanol–water partition coefficient (Wildman–Crippen LogP) is 1.96. The quantitative estimate of drug-likeness (QED) is 0.847. The van der Waals surface area contributed by atoms with Gasteiger partial charge in [0.1, 0.15) is 6.10 Å². The number of halogens is 2. The number of hydrogen-bond acceptors (Lipinski definition) is 2. The fourth-order valence-electron chi connectivity index (χ4n) is 2.18. The molecule has 0 spiro atoms. The molecule has 0 amide bonds. The molecule has 1 heterocycles. The Balaban J connectivity index is 1.77. The van der Waals surface area contributed by atoms with E-state index in [2.05, 4.69) is 0 Å². The third-order valence-electron chi connectivity index (χ3n) is 3.15. The zero-order chi connectivity index (χ0) is 12.0. The molecule has 0 aromatic heterocycles. The highest BCUT2D eigenvalue weighted by molar-refractivity contribution is 5.43. The molecule has 2 aliphatic rings. The third kappa shape index (κ3) is 1.74. The largest absolute Gasteiger partial charge is 0.386 e. The fourth-order valence-corrected chi connectivity index (χ4v) is 2.18. The van der Waals surface area contributed by atoms with E-state index in [1.807, 2.05) is 23.3 Å². The lowest BCUT2D eigenvalue weighted by Gasteiger charge is -2.21. The van der Waals surface area contributed by atoms with Gasteiger partial charge in [-0.2, -0.15) is 0 Å². The zero-order valence-electron chi connectivity index (χ0n) is 8.98. The second-order valence-corrected chi connectivity index (χ2v) is 4.32. The van der Waals surface area contributed by atoms with Crippen molar-refractivity contribution in [1.29, 1.82) is 0 Å². The predicted molar refractivity (Wildman–Crippen MR) is 58.9 cm³/mol. The van der Waals surface area contributed by atoms with Crippen molar-refractivity contribution < 1.29 is 13.9 Å². The average Bonchev–Trinajstić information content (AvgIpc) is 2.97. The molecule has 1 aliphatic carbocycles. The lowest BCUT2D eigenvalue weighted by molar-refractivity contribution is 0.225. The molecule has 2 atom stereocenters. The summed E-state index contributed by atoms with van der Waals surface area (Å²) in [6, 6.07) is 3.88. The number of rotatable bonds is 2. The number of benzene rings is 1. The number of fused-ring (bicyclic) bond motifs is 1. The van der Waals surface area contributed by atoms with Gasteiger partial charge in [-0.25, -0.2) is 8.78 Å². The van der Waals surface area contributed by atoms with Crippen LogP contribution in [0.15, 0.2) is 42.1 Å². The Morgan fingerprint density at radius 2 is 2.06 bits per heavy atom. The van der Waals surface area contributed by atoms with Crippen LogP contribution in [-0.4, -0.2) is 22.2 Å². The summed E-state index contributed by atoms with van der Waals surface area (Å²) >= 11 is 0. The summed E-state index contributed by atoms with van der Waals surface area (Å²) in [7, 11) is 0. The van der Waals surface area contributed by atoms with E-state index >= 15 is 0 Å². The Kier molecular flexibility index (Phi) is 2.26. The zero-order valence-corrected chi connectivity index (χ0v) is 8.98. The van der Waals surface area contributed by atoms with Crippen LogP contribution in [0.25, 0.3) is 0 Å². The van der Waals surface area contributed by atoms with Gasteiger partial charge in [-0.3, -0.25) is 0 Å². The maximum atomic E-state index is 13.0. The van der Waals surface area contributed by atoms with Gasteiger partial charge < -0.3 is 10.0 Å². The standard InChI is InChI=1S/C13H11F2NO/c14-10-4-3-8(6-11(10)15)7-16-5-1-2-9-12(16)13(9)17/h1-6,12-13,17H,7H2. The van der Waals surface area contributed by atoms with Crippen LogP contribution < -0.4 is 0 Å². The fraction of sp³-hybridized carbons (Fsp3) is 0.231. The summed E-state index contributed by atoms with van der Waals surface area (Å²) in [5, 5.41) is 9.59. The highest BCUT2D eigenvalue weighted by atomic mass is 19.2. The first-order chi connectivity index (χ1) is 8.16. The van der Waals surface area contributed by atoms with E-state index in [1.165, 1.54) is 6.07 Å². The van der Waals surface area contributed by atoms with E-state index < -0.39 is 17.7 Å². The Labute approximate surface area is 97.5 Å². The van der Waals surface area contributed by atoms with Crippen molar-refractivity contribution in [3.8, 4) is 0 Å². The Morgan fingerprint density at radius 1 is 1.24 bits per heavy atom. The van der Waals surface area contributed by atoms with Gasteiger partial charge in [-0.15, -0.1) is 0 Å². The molecule has 4 heteroatoms. The Hall–Kier alpha value is -1.68. The number of aliphatic hydroxyl groups is 1. The second-order valence-electron chi connectivity index (χ2n) is 4.32. The van der Waals surface area contributed by atoms with Crippen LogP contribution in [0.5, 0.6) is 0 Å². The smallest absolute Gasteiger partial charge is 0.159 e. The molecule has 1 fully saturated rings. The van der Waals surface area contributed by atoms with Crippen LogP contribution in [0, 0.1) is 11.6 Å². The molecule has 1 aromatic rings. The van der Waals surface area contributed by atoms with Crippen molar-refractivity contribution in [2.24, 2.45) is 0 Å². The molecule has 0 radical (unpaired) electrons. The van der Waals surface area contributed by atoms with E-state index in [0.717, 1.165) is 11.6 Å². The van der Waals surface area contributed by atoms with Gasteiger partial charge >= 0.3 is 0 Å². The molecule has 3 rings (SSSR count). The number of hydrogen-bond donors (Lipinski definition) is 1. The van der Waals surface area contributed by atoms with Gasteiger partial charge in [0.05, 0.1) is 6.04 Å². The summed E-state index contributed by atoms with van der Waals surface area (Å²) < 4.78 is 25.8. The summed E-state index contributed by atoms with van der Waals surface area (Å²) in [6.45, 7) is 0.465. The molecule has 88 valence electrons. The first-order valence-electron chi connectivity index (χ1n) is 5.43. The SMILES string of the molecule is OC1C2=CC=CN(Cc3ccc(F)c(F)c3)C21. The van der Waals surface area contributed by atoms with Crippen LogP contribution >= 0.6 is 0 Å². The van der Waals surface area contributed by atoms with Gasteiger partial charge in [-0.05, 0) is 29.3 Å². The van der Waals surface area contributed by atoms with Crippen molar-refractivity contribution in [3.05, 3.63) is 59.3 Å². The van der Waals surface area contributed by atoms with E-state index in [4.69, 9.17) is 0 Å². The van der Waals surface area contributed by atoms with Crippen molar-refractivity contribution in [2.75, 3.05) is 0 Å². The van der Waals surface area contributed by atoms with Gasteiger partial charge in [0.2, 0.25) is 0 Å². The normalized spacial score (nSPS) is 25.6. The first kappa shape index (κ1) is 10.5. The lowest BCUT2D eigenvalue weighted by Crippen LogP contribution is -2.23. The van der Waals surface area contributed by atoms with Gasteiger partial charge in [0.25, 0.3) is 0 Å².